The van der Waals surface area contributed by atoms with Crippen LogP contribution >= 0.6 is 0 Å². The average Bonchev–Trinajstić information content (AvgIpc) is 3.16. The first-order valence-corrected chi connectivity index (χ1v) is 10.4. The third-order valence-corrected chi connectivity index (χ3v) is 5.95. The van der Waals surface area contributed by atoms with E-state index in [0.717, 1.165) is 25.9 Å². The van der Waals surface area contributed by atoms with Crippen molar-refractivity contribution >= 4 is 27.6 Å². The molecule has 1 heterocycles. The summed E-state index contributed by atoms with van der Waals surface area (Å²) in [5.74, 6) is -0.678. The number of hydrogen-bond donors (Lipinski definition) is 2. The van der Waals surface area contributed by atoms with Gasteiger partial charge in [0.2, 0.25) is 21.8 Å². The number of hydrogen-bond acceptors (Lipinski definition) is 5. The van der Waals surface area contributed by atoms with Crippen LogP contribution in [0.4, 0.5) is 0 Å². The van der Waals surface area contributed by atoms with Crippen LogP contribution in [0.1, 0.15) is 43.5 Å². The highest BCUT2D eigenvalue weighted by Gasteiger charge is 2.23. The molecule has 0 saturated carbocycles. The lowest BCUT2D eigenvalue weighted by molar-refractivity contribution is -0.130. The van der Waals surface area contributed by atoms with E-state index in [9.17, 15) is 22.8 Å². The van der Waals surface area contributed by atoms with Crippen molar-refractivity contribution in [1.82, 2.24) is 14.9 Å². The monoisotopic (exact) mass is 395 g/mol. The molecule has 0 aromatic heterocycles. The van der Waals surface area contributed by atoms with Crippen LogP contribution in [0.15, 0.2) is 29.2 Å². The number of carbonyl (C=O) groups excluding carboxylic acids is 3. The molecule has 0 unspecified atom stereocenters. The van der Waals surface area contributed by atoms with Crippen LogP contribution in [0.5, 0.6) is 0 Å². The molecule has 1 saturated heterocycles. The lowest BCUT2D eigenvalue weighted by Crippen LogP contribution is -2.45. The Kier molecular flexibility index (Phi) is 7.09. The fourth-order valence-corrected chi connectivity index (χ4v) is 4.00. The van der Waals surface area contributed by atoms with Gasteiger partial charge in [0.15, 0.2) is 5.78 Å². The van der Waals surface area contributed by atoms with Crippen molar-refractivity contribution in [2.75, 3.05) is 19.6 Å². The van der Waals surface area contributed by atoms with Crippen LogP contribution in [0, 0.1) is 0 Å². The summed E-state index contributed by atoms with van der Waals surface area (Å²) in [6.07, 6.45) is 2.20. The van der Waals surface area contributed by atoms with Gasteiger partial charge in [-0.2, -0.15) is 4.72 Å². The van der Waals surface area contributed by atoms with Crippen LogP contribution < -0.4 is 10.0 Å². The van der Waals surface area contributed by atoms with Crippen LogP contribution in [0.2, 0.25) is 0 Å². The van der Waals surface area contributed by atoms with Gasteiger partial charge in [-0.15, -0.1) is 0 Å². The first-order chi connectivity index (χ1) is 12.7. The molecule has 148 valence electrons. The van der Waals surface area contributed by atoms with Gasteiger partial charge in [0.05, 0.1) is 10.9 Å². The first-order valence-electron chi connectivity index (χ1n) is 8.89. The number of nitrogens with zero attached hydrogens (tertiary/aromatic N) is 1. The third kappa shape index (κ3) is 5.86. The third-order valence-electron chi connectivity index (χ3n) is 4.39. The fourth-order valence-electron chi connectivity index (χ4n) is 2.79. The van der Waals surface area contributed by atoms with Gasteiger partial charge in [-0.05, 0) is 38.8 Å². The fraction of sp³-hybridized carbons (Fsp3) is 0.500. The largest absolute Gasteiger partial charge is 0.354 e. The SMILES string of the molecule is CC(=O)c1ccc(S(=O)(=O)N[C@H](C)C(=O)NCCC(=O)N2CCCC2)cc1. The molecule has 1 aliphatic rings. The summed E-state index contributed by atoms with van der Waals surface area (Å²) in [4.78, 5) is 37.0. The van der Waals surface area contributed by atoms with Gasteiger partial charge in [0.1, 0.15) is 0 Å². The molecule has 1 aliphatic heterocycles. The number of rotatable bonds is 8. The van der Waals surface area contributed by atoms with E-state index in [2.05, 4.69) is 10.0 Å². The highest BCUT2D eigenvalue weighted by Crippen LogP contribution is 2.12. The van der Waals surface area contributed by atoms with Crippen molar-refractivity contribution in [3.63, 3.8) is 0 Å². The Balaban J connectivity index is 1.84. The Labute approximate surface area is 159 Å². The Morgan fingerprint density at radius 1 is 1.11 bits per heavy atom. The summed E-state index contributed by atoms with van der Waals surface area (Å²) >= 11 is 0. The molecule has 0 bridgehead atoms. The van der Waals surface area contributed by atoms with Gasteiger partial charge in [0, 0.05) is 31.6 Å². The van der Waals surface area contributed by atoms with E-state index in [4.69, 9.17) is 0 Å². The predicted molar refractivity (Wildman–Crippen MR) is 99.7 cm³/mol. The first kappa shape index (κ1) is 21.0. The van der Waals surface area contributed by atoms with Gasteiger partial charge in [0.25, 0.3) is 0 Å². The molecule has 27 heavy (non-hydrogen) atoms. The quantitative estimate of drug-likeness (QED) is 0.629. The molecule has 8 nitrogen and oxygen atoms in total. The maximum absolute atomic E-state index is 12.3. The summed E-state index contributed by atoms with van der Waals surface area (Å²) < 4.78 is 27.0. The van der Waals surface area contributed by atoms with Crippen LogP contribution in [-0.2, 0) is 19.6 Å². The second-order valence-corrected chi connectivity index (χ2v) is 8.27. The van der Waals surface area contributed by atoms with Crippen LogP contribution in [0.25, 0.3) is 0 Å². The summed E-state index contributed by atoms with van der Waals surface area (Å²) in [6.45, 7) is 4.49. The minimum Gasteiger partial charge on any atom is -0.354 e. The second-order valence-electron chi connectivity index (χ2n) is 6.55. The molecule has 9 heteroatoms. The Morgan fingerprint density at radius 2 is 1.70 bits per heavy atom. The molecule has 1 atom stereocenters. The van der Waals surface area contributed by atoms with E-state index in [1.165, 1.54) is 38.1 Å². The molecule has 1 fully saturated rings. The lowest BCUT2D eigenvalue weighted by atomic mass is 10.2. The lowest BCUT2D eigenvalue weighted by Gasteiger charge is -2.17. The van der Waals surface area contributed by atoms with E-state index in [-0.39, 0.29) is 29.6 Å². The van der Waals surface area contributed by atoms with Gasteiger partial charge in [-0.1, -0.05) is 12.1 Å². The van der Waals surface area contributed by atoms with Crippen LogP contribution in [-0.4, -0.2) is 56.6 Å². The number of likely N-dealkylation sites (tertiary alicyclic amines) is 1. The van der Waals surface area contributed by atoms with Crippen molar-refractivity contribution in [1.29, 1.82) is 0 Å². The zero-order chi connectivity index (χ0) is 20.0. The number of nitrogens with one attached hydrogen (secondary N) is 2. The molecule has 1 aromatic carbocycles. The number of ketones is 1. The van der Waals surface area contributed by atoms with Crippen molar-refractivity contribution in [2.24, 2.45) is 0 Å². The molecule has 2 amide bonds. The molecular weight excluding hydrogens is 370 g/mol. The zero-order valence-electron chi connectivity index (χ0n) is 15.5. The molecule has 0 radical (unpaired) electrons. The van der Waals surface area contributed by atoms with Gasteiger partial charge >= 0.3 is 0 Å². The Morgan fingerprint density at radius 3 is 2.26 bits per heavy atom. The average molecular weight is 395 g/mol. The number of carbonyl (C=O) groups is 3. The summed E-state index contributed by atoms with van der Waals surface area (Å²) in [7, 11) is -3.90. The van der Waals surface area contributed by atoms with Crippen molar-refractivity contribution in [2.45, 2.75) is 44.0 Å². The Bertz CT molecular complexity index is 799. The van der Waals surface area contributed by atoms with Gasteiger partial charge < -0.3 is 10.2 Å². The number of benzene rings is 1. The molecule has 0 spiro atoms. The van der Waals surface area contributed by atoms with Crippen molar-refractivity contribution in [3.05, 3.63) is 29.8 Å². The minimum atomic E-state index is -3.90. The number of Topliss-reactive ketones (excluding diaryl/α,β-unsaturated/α-hetero) is 1. The maximum atomic E-state index is 12.3. The molecular formula is C18H25N3O5S. The molecule has 0 aliphatic carbocycles. The standard InChI is InChI=1S/C18H25N3O5S/c1-13(18(24)19-10-9-17(23)21-11-3-4-12-21)20-27(25,26)16-7-5-15(6-8-16)14(2)22/h5-8,13,20H,3-4,9-12H2,1-2H3,(H,19,24)/t13-/m1/s1. The van der Waals surface area contributed by atoms with Crippen molar-refractivity contribution < 1.29 is 22.8 Å². The van der Waals surface area contributed by atoms with E-state index in [1.54, 1.807) is 4.90 Å². The van der Waals surface area contributed by atoms with Gasteiger partial charge in [-0.3, -0.25) is 14.4 Å². The van der Waals surface area contributed by atoms with E-state index >= 15 is 0 Å². The summed E-state index contributed by atoms with van der Waals surface area (Å²) in [5.41, 5.74) is 0.405. The second kappa shape index (κ2) is 9.09. The molecule has 2 rings (SSSR count). The molecule has 1 aromatic rings. The summed E-state index contributed by atoms with van der Waals surface area (Å²) in [6, 6.07) is 4.48. The maximum Gasteiger partial charge on any atom is 0.241 e. The van der Waals surface area contributed by atoms with Crippen molar-refractivity contribution in [3.8, 4) is 0 Å². The zero-order valence-corrected chi connectivity index (χ0v) is 16.3. The minimum absolute atomic E-state index is 0.00778. The van der Waals surface area contributed by atoms with Gasteiger partial charge in [-0.25, -0.2) is 8.42 Å². The topological polar surface area (TPSA) is 113 Å². The van der Waals surface area contributed by atoms with Crippen LogP contribution in [0.3, 0.4) is 0 Å². The predicted octanol–water partition coefficient (Wildman–Crippen LogP) is 0.685. The molecule has 2 N–H and O–H groups in total. The highest BCUT2D eigenvalue weighted by molar-refractivity contribution is 7.89. The number of amides is 2. The highest BCUT2D eigenvalue weighted by atomic mass is 32.2. The smallest absolute Gasteiger partial charge is 0.241 e. The number of sulfonamides is 1. The summed E-state index contributed by atoms with van der Waals surface area (Å²) in [5, 5.41) is 2.58. The normalized spacial score (nSPS) is 15.4. The van der Waals surface area contributed by atoms with E-state index in [1.807, 2.05) is 0 Å². The Hall–Kier alpha value is -2.26. The van der Waals surface area contributed by atoms with E-state index < -0.39 is 22.0 Å². The van der Waals surface area contributed by atoms with E-state index in [0.29, 0.717) is 5.56 Å².